The Labute approximate surface area is 134 Å². The lowest BCUT2D eigenvalue weighted by molar-refractivity contribution is 0.263. The minimum Gasteiger partial charge on any atom is -0.0695 e. The molecular weight excluding hydrogens is 264 g/mol. The summed E-state index contributed by atoms with van der Waals surface area (Å²) >= 11 is 0. The Hall–Kier alpha value is -1.82. The molecule has 0 aliphatic heterocycles. The van der Waals surface area contributed by atoms with Gasteiger partial charge >= 0.3 is 0 Å². The molecule has 0 saturated carbocycles. The Morgan fingerprint density at radius 1 is 0.773 bits per heavy atom. The molecule has 2 aromatic rings. The molecule has 0 amide bonds. The van der Waals surface area contributed by atoms with E-state index in [1.165, 1.54) is 33.4 Å². The zero-order valence-corrected chi connectivity index (χ0v) is 14.6. The maximum Gasteiger partial charge on any atom is -0.00115 e. The predicted octanol–water partition coefficient (Wildman–Crippen LogP) is 6.05. The number of hydrogen-bond acceptors (Lipinski definition) is 0. The van der Waals surface area contributed by atoms with Gasteiger partial charge in [0.05, 0.1) is 0 Å². The highest BCUT2D eigenvalue weighted by molar-refractivity contribution is 5.84. The van der Waals surface area contributed by atoms with Gasteiger partial charge in [-0.15, -0.1) is 0 Å². The van der Waals surface area contributed by atoms with Crippen molar-refractivity contribution in [1.29, 1.82) is 0 Å². The molecular formula is C22H26. The molecule has 0 fully saturated rings. The molecule has 0 atom stereocenters. The third-order valence-corrected chi connectivity index (χ3v) is 5.82. The van der Waals surface area contributed by atoms with E-state index in [-0.39, 0.29) is 10.8 Å². The number of rotatable bonds is 1. The van der Waals surface area contributed by atoms with Gasteiger partial charge < -0.3 is 0 Å². The summed E-state index contributed by atoms with van der Waals surface area (Å²) in [6.45, 7) is 13.8. The van der Waals surface area contributed by atoms with Gasteiger partial charge in [-0.2, -0.15) is 0 Å². The smallest absolute Gasteiger partial charge is 0.00115 e. The Morgan fingerprint density at radius 2 is 1.45 bits per heavy atom. The largest absolute Gasteiger partial charge is 0.0695 e. The van der Waals surface area contributed by atoms with E-state index in [2.05, 4.69) is 90.1 Å². The average molecular weight is 290 g/mol. The van der Waals surface area contributed by atoms with Gasteiger partial charge in [0.1, 0.15) is 0 Å². The molecule has 3 rings (SSSR count). The fourth-order valence-corrected chi connectivity index (χ4v) is 3.38. The van der Waals surface area contributed by atoms with Crippen molar-refractivity contribution in [1.82, 2.24) is 0 Å². The van der Waals surface area contributed by atoms with Crippen molar-refractivity contribution in [2.45, 2.75) is 47.0 Å². The topological polar surface area (TPSA) is 0 Å². The number of aryl methyl sites for hydroxylation is 2. The van der Waals surface area contributed by atoms with Crippen molar-refractivity contribution < 1.29 is 0 Å². The average Bonchev–Trinajstić information content (AvgIpc) is 2.46. The van der Waals surface area contributed by atoms with E-state index in [0.717, 1.165) is 0 Å². The Morgan fingerprint density at radius 3 is 2.14 bits per heavy atom. The van der Waals surface area contributed by atoms with Gasteiger partial charge in [-0.05, 0) is 58.1 Å². The van der Waals surface area contributed by atoms with Gasteiger partial charge in [-0.1, -0.05) is 76.2 Å². The van der Waals surface area contributed by atoms with Gasteiger partial charge in [0.15, 0.2) is 0 Å². The number of benzene rings is 2. The second-order valence-electron chi connectivity index (χ2n) is 7.75. The van der Waals surface area contributed by atoms with Crippen LogP contribution in [0, 0.1) is 19.3 Å². The number of fused-ring (bicyclic) bond motifs is 1. The maximum atomic E-state index is 2.47. The zero-order valence-electron chi connectivity index (χ0n) is 14.6. The first kappa shape index (κ1) is 15.1. The molecule has 0 N–H and O–H groups in total. The molecule has 2 aromatic carbocycles. The van der Waals surface area contributed by atoms with Crippen LogP contribution in [-0.4, -0.2) is 0 Å². The van der Waals surface area contributed by atoms with E-state index in [1.54, 1.807) is 0 Å². The monoisotopic (exact) mass is 290 g/mol. The lowest BCUT2D eigenvalue weighted by Crippen LogP contribution is -2.38. The third kappa shape index (κ3) is 2.13. The van der Waals surface area contributed by atoms with Crippen molar-refractivity contribution >= 4 is 5.57 Å². The Bertz CT molecular complexity index is 757. The van der Waals surface area contributed by atoms with E-state index in [1.807, 2.05) is 0 Å². The van der Waals surface area contributed by atoms with Gasteiger partial charge in [0.2, 0.25) is 0 Å². The van der Waals surface area contributed by atoms with Gasteiger partial charge in [0, 0.05) is 0 Å². The van der Waals surface area contributed by atoms with Crippen LogP contribution in [0.1, 0.15) is 55.5 Å². The second-order valence-corrected chi connectivity index (χ2v) is 7.75. The highest BCUT2D eigenvalue weighted by Crippen LogP contribution is 2.51. The lowest BCUT2D eigenvalue weighted by Gasteiger charge is -2.45. The molecule has 0 heterocycles. The van der Waals surface area contributed by atoms with Crippen LogP contribution >= 0.6 is 0 Å². The summed E-state index contributed by atoms with van der Waals surface area (Å²) in [7, 11) is 0. The Balaban J connectivity index is 2.27. The van der Waals surface area contributed by atoms with E-state index in [4.69, 9.17) is 0 Å². The quantitative estimate of drug-likeness (QED) is 0.599. The minimum absolute atomic E-state index is 0.121. The van der Waals surface area contributed by atoms with E-state index < -0.39 is 0 Å². The standard InChI is InChI=1S/C22H26/c1-15-11-12-17(13-16(15)2)19-14-21(3,4)22(5,6)20-10-8-7-9-18(19)20/h7-14H,1-6H3. The van der Waals surface area contributed by atoms with Crippen LogP contribution < -0.4 is 0 Å². The van der Waals surface area contributed by atoms with Crippen LogP contribution in [-0.2, 0) is 5.41 Å². The first-order valence-corrected chi connectivity index (χ1v) is 8.14. The van der Waals surface area contributed by atoms with Crippen molar-refractivity contribution in [3.63, 3.8) is 0 Å². The van der Waals surface area contributed by atoms with E-state index in [9.17, 15) is 0 Å². The van der Waals surface area contributed by atoms with Crippen molar-refractivity contribution in [3.8, 4) is 0 Å². The molecule has 0 heteroatoms. The first-order chi connectivity index (χ1) is 10.2. The van der Waals surface area contributed by atoms with Gasteiger partial charge in [-0.25, -0.2) is 0 Å². The zero-order chi connectivity index (χ0) is 16.1. The molecule has 0 unspecified atom stereocenters. The number of hydrogen-bond donors (Lipinski definition) is 0. The van der Waals surface area contributed by atoms with Crippen LogP contribution in [0.5, 0.6) is 0 Å². The summed E-state index contributed by atoms with van der Waals surface area (Å²) in [5, 5.41) is 0. The van der Waals surface area contributed by atoms with Crippen LogP contribution in [0.15, 0.2) is 48.5 Å². The van der Waals surface area contributed by atoms with Gasteiger partial charge in [-0.3, -0.25) is 0 Å². The summed E-state index contributed by atoms with van der Waals surface area (Å²) in [5.41, 5.74) is 8.52. The summed E-state index contributed by atoms with van der Waals surface area (Å²) in [5.74, 6) is 0. The molecule has 0 spiro atoms. The molecule has 0 aromatic heterocycles. The molecule has 0 bridgehead atoms. The predicted molar refractivity (Wildman–Crippen MR) is 96.2 cm³/mol. The summed E-state index contributed by atoms with van der Waals surface area (Å²) < 4.78 is 0. The SMILES string of the molecule is Cc1ccc(C2=CC(C)(C)C(C)(C)c3ccccc32)cc1C. The molecule has 1 aliphatic rings. The summed E-state index contributed by atoms with van der Waals surface area (Å²) in [4.78, 5) is 0. The van der Waals surface area contributed by atoms with Crippen LogP contribution in [0.25, 0.3) is 5.57 Å². The van der Waals surface area contributed by atoms with Gasteiger partial charge in [0.25, 0.3) is 0 Å². The Kier molecular flexibility index (Phi) is 3.32. The normalized spacial score (nSPS) is 18.5. The van der Waals surface area contributed by atoms with Crippen molar-refractivity contribution in [2.75, 3.05) is 0 Å². The van der Waals surface area contributed by atoms with E-state index in [0.29, 0.717) is 0 Å². The first-order valence-electron chi connectivity index (χ1n) is 8.14. The third-order valence-electron chi connectivity index (χ3n) is 5.82. The summed E-state index contributed by atoms with van der Waals surface area (Å²) in [6, 6.07) is 15.7. The molecule has 22 heavy (non-hydrogen) atoms. The van der Waals surface area contributed by atoms with Crippen molar-refractivity contribution in [2.24, 2.45) is 5.41 Å². The fraction of sp³-hybridized carbons (Fsp3) is 0.364. The lowest BCUT2D eigenvalue weighted by atomic mass is 9.58. The molecule has 1 aliphatic carbocycles. The number of allylic oxidation sites excluding steroid dienone is 1. The molecule has 114 valence electrons. The second kappa shape index (κ2) is 4.84. The van der Waals surface area contributed by atoms with Crippen LogP contribution in [0.2, 0.25) is 0 Å². The molecule has 0 nitrogen and oxygen atoms in total. The molecule has 0 radical (unpaired) electrons. The minimum atomic E-state index is 0.121. The molecule has 0 saturated heterocycles. The maximum absolute atomic E-state index is 2.47. The summed E-state index contributed by atoms with van der Waals surface area (Å²) in [6.07, 6.45) is 2.47. The highest BCUT2D eigenvalue weighted by Gasteiger charge is 2.41. The highest BCUT2D eigenvalue weighted by atomic mass is 14.4. The fourth-order valence-electron chi connectivity index (χ4n) is 3.38. The van der Waals surface area contributed by atoms with Crippen molar-refractivity contribution in [3.05, 3.63) is 76.4 Å². The van der Waals surface area contributed by atoms with Crippen LogP contribution in [0.3, 0.4) is 0 Å². The van der Waals surface area contributed by atoms with Crippen LogP contribution in [0.4, 0.5) is 0 Å². The van der Waals surface area contributed by atoms with E-state index >= 15 is 0 Å².